The lowest BCUT2D eigenvalue weighted by Gasteiger charge is -2.10. The van der Waals surface area contributed by atoms with E-state index < -0.39 is 9.84 Å². The van der Waals surface area contributed by atoms with Crippen LogP contribution in [0.25, 0.3) is 0 Å². The van der Waals surface area contributed by atoms with Crippen LogP contribution in [0, 0.1) is 0 Å². The van der Waals surface area contributed by atoms with Crippen molar-refractivity contribution < 1.29 is 13.2 Å². The van der Waals surface area contributed by atoms with Gasteiger partial charge in [-0.05, 0) is 42.5 Å². The fourth-order valence-electron chi connectivity index (χ4n) is 2.25. The highest BCUT2D eigenvalue weighted by molar-refractivity contribution is 7.99. The fourth-order valence-corrected chi connectivity index (χ4v) is 3.82. The van der Waals surface area contributed by atoms with Crippen molar-refractivity contribution in [3.05, 3.63) is 78.5 Å². The zero-order valence-electron chi connectivity index (χ0n) is 13.9. The third kappa shape index (κ3) is 4.50. The van der Waals surface area contributed by atoms with Crippen LogP contribution >= 0.6 is 11.8 Å². The van der Waals surface area contributed by atoms with Crippen LogP contribution < -0.4 is 5.32 Å². The maximum Gasteiger partial charge on any atom is 0.258 e. The van der Waals surface area contributed by atoms with Crippen molar-refractivity contribution >= 4 is 33.2 Å². The molecule has 3 aromatic rings. The molecule has 3 rings (SSSR count). The summed E-state index contributed by atoms with van der Waals surface area (Å²) in [7, 11) is -3.34. The number of hydrogen-bond donors (Lipinski definition) is 1. The van der Waals surface area contributed by atoms with Gasteiger partial charge in [-0.1, -0.05) is 36.0 Å². The van der Waals surface area contributed by atoms with Crippen molar-refractivity contribution in [1.82, 2.24) is 4.98 Å². The molecule has 0 aliphatic rings. The highest BCUT2D eigenvalue weighted by atomic mass is 32.2. The minimum Gasteiger partial charge on any atom is -0.322 e. The van der Waals surface area contributed by atoms with Crippen molar-refractivity contribution in [2.45, 2.75) is 14.8 Å². The number of pyridine rings is 1. The second kappa shape index (κ2) is 7.72. The molecule has 0 radical (unpaired) electrons. The topological polar surface area (TPSA) is 76.1 Å². The summed E-state index contributed by atoms with van der Waals surface area (Å²) in [6, 6.07) is 19.2. The van der Waals surface area contributed by atoms with Crippen molar-refractivity contribution in [2.75, 3.05) is 11.6 Å². The number of nitrogens with one attached hydrogen (secondary N) is 1. The quantitative estimate of drug-likeness (QED) is 0.722. The summed E-state index contributed by atoms with van der Waals surface area (Å²) in [6.07, 6.45) is 2.76. The predicted octanol–water partition coefficient (Wildman–Crippen LogP) is 3.89. The predicted molar refractivity (Wildman–Crippen MR) is 102 cm³/mol. The molecular formula is C19H16N2O3S2. The smallest absolute Gasteiger partial charge is 0.258 e. The van der Waals surface area contributed by atoms with E-state index in [-0.39, 0.29) is 10.8 Å². The molecule has 0 saturated heterocycles. The van der Waals surface area contributed by atoms with Crippen LogP contribution in [0.3, 0.4) is 0 Å². The van der Waals surface area contributed by atoms with Gasteiger partial charge in [0.25, 0.3) is 5.91 Å². The molecule has 1 N–H and O–H groups in total. The first-order valence-electron chi connectivity index (χ1n) is 7.73. The molecule has 0 saturated carbocycles. The molecule has 0 aliphatic heterocycles. The molecule has 0 atom stereocenters. The lowest BCUT2D eigenvalue weighted by atomic mass is 10.2. The summed E-state index contributed by atoms with van der Waals surface area (Å²) >= 11 is 1.39. The van der Waals surface area contributed by atoms with E-state index in [0.717, 1.165) is 11.2 Å². The van der Waals surface area contributed by atoms with E-state index >= 15 is 0 Å². The number of rotatable bonds is 5. The van der Waals surface area contributed by atoms with Gasteiger partial charge in [-0.2, -0.15) is 0 Å². The number of carbonyl (C=O) groups excluding carboxylic acids is 1. The summed E-state index contributed by atoms with van der Waals surface area (Å²) in [4.78, 5) is 18.1. The lowest BCUT2D eigenvalue weighted by molar-refractivity contribution is 0.102. The largest absolute Gasteiger partial charge is 0.322 e. The van der Waals surface area contributed by atoms with E-state index in [9.17, 15) is 13.2 Å². The average molecular weight is 384 g/mol. The van der Waals surface area contributed by atoms with Gasteiger partial charge in [-0.3, -0.25) is 4.79 Å². The second-order valence-corrected chi connectivity index (χ2v) is 8.60. The van der Waals surface area contributed by atoms with E-state index in [4.69, 9.17) is 0 Å². The number of nitrogens with zero attached hydrogens (tertiary/aromatic N) is 1. The van der Waals surface area contributed by atoms with Crippen LogP contribution in [0.4, 0.5) is 5.69 Å². The van der Waals surface area contributed by atoms with Gasteiger partial charge < -0.3 is 5.32 Å². The van der Waals surface area contributed by atoms with Gasteiger partial charge in [0.1, 0.15) is 5.03 Å². The molecule has 1 amide bonds. The normalized spacial score (nSPS) is 11.1. The maximum absolute atomic E-state index is 12.7. The summed E-state index contributed by atoms with van der Waals surface area (Å²) in [5.74, 6) is -0.345. The zero-order chi connectivity index (χ0) is 18.6. The highest BCUT2D eigenvalue weighted by Crippen LogP contribution is 2.28. The molecule has 1 heterocycles. The summed E-state index contributed by atoms with van der Waals surface area (Å²) < 4.78 is 23.3. The van der Waals surface area contributed by atoms with Crippen molar-refractivity contribution in [3.63, 3.8) is 0 Å². The molecule has 0 fully saturated rings. The summed E-state index contributed by atoms with van der Waals surface area (Å²) in [6.45, 7) is 0. The van der Waals surface area contributed by atoms with Crippen molar-refractivity contribution in [2.24, 2.45) is 0 Å². The van der Waals surface area contributed by atoms with Gasteiger partial charge in [0.15, 0.2) is 9.84 Å². The Balaban J connectivity index is 1.85. The Bertz CT molecular complexity index is 1040. The molecule has 0 spiro atoms. The summed E-state index contributed by atoms with van der Waals surface area (Å²) in [5.41, 5.74) is 0.837. The summed E-state index contributed by atoms with van der Waals surface area (Å²) in [5, 5.41) is 3.32. The minimum atomic E-state index is -3.34. The van der Waals surface area contributed by atoms with E-state index in [1.165, 1.54) is 23.9 Å². The molecule has 2 aromatic carbocycles. The van der Waals surface area contributed by atoms with Crippen LogP contribution in [0.15, 0.2) is 87.7 Å². The third-order valence-electron chi connectivity index (χ3n) is 3.49. The molecular weight excluding hydrogens is 368 g/mol. The molecule has 132 valence electrons. The highest BCUT2D eigenvalue weighted by Gasteiger charge is 2.15. The Hall–Kier alpha value is -2.64. The monoisotopic (exact) mass is 384 g/mol. The number of benzene rings is 2. The number of anilines is 1. The number of sulfone groups is 1. The molecule has 0 bridgehead atoms. The van der Waals surface area contributed by atoms with Crippen molar-refractivity contribution in [3.8, 4) is 0 Å². The van der Waals surface area contributed by atoms with Crippen molar-refractivity contribution in [1.29, 1.82) is 0 Å². The van der Waals surface area contributed by atoms with Gasteiger partial charge >= 0.3 is 0 Å². The Kier molecular flexibility index (Phi) is 5.39. The lowest BCUT2D eigenvalue weighted by Crippen LogP contribution is -2.14. The first kappa shape index (κ1) is 18.2. The molecule has 5 nitrogen and oxygen atoms in total. The van der Waals surface area contributed by atoms with E-state index in [1.807, 2.05) is 30.3 Å². The van der Waals surface area contributed by atoms with Gasteiger partial charge in [0, 0.05) is 23.0 Å². The molecule has 26 heavy (non-hydrogen) atoms. The van der Waals surface area contributed by atoms with E-state index in [1.54, 1.807) is 30.5 Å². The van der Waals surface area contributed by atoms with Gasteiger partial charge in [-0.15, -0.1) is 0 Å². The Labute approximate surface area is 156 Å². The van der Waals surface area contributed by atoms with E-state index in [0.29, 0.717) is 16.3 Å². The van der Waals surface area contributed by atoms with Crippen LogP contribution in [-0.4, -0.2) is 25.6 Å². The van der Waals surface area contributed by atoms with Gasteiger partial charge in [0.2, 0.25) is 0 Å². The fraction of sp³-hybridized carbons (Fsp3) is 0.0526. The van der Waals surface area contributed by atoms with E-state index in [2.05, 4.69) is 10.3 Å². The van der Waals surface area contributed by atoms with Gasteiger partial charge in [-0.25, -0.2) is 13.4 Å². The Morgan fingerprint density at radius 2 is 1.77 bits per heavy atom. The van der Waals surface area contributed by atoms with Gasteiger partial charge in [0.05, 0.1) is 10.5 Å². The number of carbonyl (C=O) groups is 1. The SMILES string of the molecule is CS(=O)(=O)c1cccc(NC(=O)c2cccnc2Sc2ccccc2)c1. The van der Waals surface area contributed by atoms with Crippen LogP contribution in [0.1, 0.15) is 10.4 Å². The first-order chi connectivity index (χ1) is 12.4. The molecule has 1 aromatic heterocycles. The first-order valence-corrected chi connectivity index (χ1v) is 10.4. The molecule has 0 aliphatic carbocycles. The van der Waals surface area contributed by atoms with Crippen LogP contribution in [0.5, 0.6) is 0 Å². The maximum atomic E-state index is 12.7. The average Bonchev–Trinajstić information content (AvgIpc) is 2.62. The second-order valence-electron chi connectivity index (χ2n) is 5.53. The van der Waals surface area contributed by atoms with Crippen LogP contribution in [0.2, 0.25) is 0 Å². The number of aromatic nitrogens is 1. The molecule has 7 heteroatoms. The number of hydrogen-bond acceptors (Lipinski definition) is 5. The number of amides is 1. The zero-order valence-corrected chi connectivity index (χ0v) is 15.5. The Morgan fingerprint density at radius 1 is 1.00 bits per heavy atom. The van der Waals surface area contributed by atoms with Crippen LogP contribution in [-0.2, 0) is 9.84 Å². The standard InChI is InChI=1S/C19H16N2O3S2/c1-26(23,24)16-10-5-7-14(13-16)21-18(22)17-11-6-12-20-19(17)25-15-8-3-2-4-9-15/h2-13H,1H3,(H,21,22). The minimum absolute atomic E-state index is 0.153. The Morgan fingerprint density at radius 3 is 2.50 bits per heavy atom. The third-order valence-corrected chi connectivity index (χ3v) is 5.63. The molecule has 0 unspecified atom stereocenters.